The molecule has 1 aromatic carbocycles. The van der Waals surface area contributed by atoms with Gasteiger partial charge in [-0.1, -0.05) is 19.9 Å². The van der Waals surface area contributed by atoms with E-state index in [0.717, 1.165) is 10.4 Å². The summed E-state index contributed by atoms with van der Waals surface area (Å²) in [5, 5.41) is 5.08. The van der Waals surface area contributed by atoms with Crippen LogP contribution >= 0.6 is 11.3 Å². The first-order chi connectivity index (χ1) is 12.5. The maximum atomic E-state index is 12.4. The summed E-state index contributed by atoms with van der Waals surface area (Å²) in [5.74, 6) is 1.77. The van der Waals surface area contributed by atoms with E-state index in [-0.39, 0.29) is 11.9 Å². The van der Waals surface area contributed by atoms with Crippen LogP contribution < -0.4 is 19.5 Å². The van der Waals surface area contributed by atoms with Crippen LogP contribution in [0.15, 0.2) is 35.7 Å². The molecule has 0 aliphatic carbocycles. The zero-order chi connectivity index (χ0) is 19.1. The van der Waals surface area contributed by atoms with E-state index in [1.54, 1.807) is 50.9 Å². The van der Waals surface area contributed by atoms with Crippen molar-refractivity contribution in [3.8, 4) is 17.2 Å². The topological polar surface area (TPSA) is 56.8 Å². The Kier molecular flexibility index (Phi) is 7.09. The van der Waals surface area contributed by atoms with Crippen molar-refractivity contribution in [2.75, 3.05) is 21.3 Å². The molecule has 0 aliphatic rings. The van der Waals surface area contributed by atoms with Crippen LogP contribution in [0.4, 0.5) is 0 Å². The Bertz CT molecular complexity index is 728. The lowest BCUT2D eigenvalue weighted by molar-refractivity contribution is -0.117. The Balaban J connectivity index is 2.17. The van der Waals surface area contributed by atoms with E-state index in [2.05, 4.69) is 19.2 Å². The molecule has 1 unspecified atom stereocenters. The van der Waals surface area contributed by atoms with Crippen LogP contribution in [0, 0.1) is 5.92 Å². The van der Waals surface area contributed by atoms with Gasteiger partial charge in [-0.05, 0) is 41.1 Å². The molecule has 5 nitrogen and oxygen atoms in total. The van der Waals surface area contributed by atoms with Crippen LogP contribution in [0.2, 0.25) is 0 Å². The molecule has 1 heterocycles. The van der Waals surface area contributed by atoms with E-state index >= 15 is 0 Å². The normalized spacial score (nSPS) is 12.2. The predicted octanol–water partition coefficient (Wildman–Crippen LogP) is 4.30. The summed E-state index contributed by atoms with van der Waals surface area (Å²) < 4.78 is 16.0. The number of carbonyl (C=O) groups excluding carboxylic acids is 1. The van der Waals surface area contributed by atoms with Crippen molar-refractivity contribution in [3.63, 3.8) is 0 Å². The Morgan fingerprint density at radius 3 is 2.23 bits per heavy atom. The van der Waals surface area contributed by atoms with Gasteiger partial charge in [-0.15, -0.1) is 11.3 Å². The third-order valence-corrected chi connectivity index (χ3v) is 4.88. The summed E-state index contributed by atoms with van der Waals surface area (Å²) in [6, 6.07) is 7.62. The minimum Gasteiger partial charge on any atom is -0.493 e. The van der Waals surface area contributed by atoms with Gasteiger partial charge in [-0.3, -0.25) is 4.79 Å². The second-order valence-corrected chi connectivity index (χ2v) is 7.02. The van der Waals surface area contributed by atoms with Crippen LogP contribution in [0.5, 0.6) is 17.2 Å². The van der Waals surface area contributed by atoms with E-state index in [1.165, 1.54) is 6.08 Å². The molecule has 1 N–H and O–H groups in total. The van der Waals surface area contributed by atoms with E-state index < -0.39 is 0 Å². The van der Waals surface area contributed by atoms with Crippen molar-refractivity contribution in [1.29, 1.82) is 0 Å². The van der Waals surface area contributed by atoms with Gasteiger partial charge in [-0.25, -0.2) is 0 Å². The van der Waals surface area contributed by atoms with E-state index in [1.807, 2.05) is 17.5 Å². The first kappa shape index (κ1) is 19.8. The van der Waals surface area contributed by atoms with Gasteiger partial charge in [0.2, 0.25) is 11.7 Å². The summed E-state index contributed by atoms with van der Waals surface area (Å²) >= 11 is 1.64. The number of nitrogens with one attached hydrogen (secondary N) is 1. The van der Waals surface area contributed by atoms with Crippen LogP contribution in [-0.4, -0.2) is 27.2 Å². The molecule has 1 aromatic heterocycles. The van der Waals surface area contributed by atoms with Gasteiger partial charge in [0.05, 0.1) is 27.4 Å². The lowest BCUT2D eigenvalue weighted by Crippen LogP contribution is -2.29. The quantitative estimate of drug-likeness (QED) is 0.699. The average molecular weight is 375 g/mol. The van der Waals surface area contributed by atoms with Gasteiger partial charge in [0, 0.05) is 11.0 Å². The van der Waals surface area contributed by atoms with Crippen molar-refractivity contribution in [3.05, 3.63) is 46.2 Å². The molecule has 0 spiro atoms. The number of amides is 1. The zero-order valence-corrected chi connectivity index (χ0v) is 16.6. The number of hydrogen-bond donors (Lipinski definition) is 1. The van der Waals surface area contributed by atoms with Crippen molar-refractivity contribution in [2.24, 2.45) is 5.92 Å². The Labute approximate surface area is 158 Å². The molecule has 26 heavy (non-hydrogen) atoms. The monoisotopic (exact) mass is 375 g/mol. The number of benzene rings is 1. The van der Waals surface area contributed by atoms with Crippen molar-refractivity contribution < 1.29 is 19.0 Å². The van der Waals surface area contributed by atoms with Gasteiger partial charge in [0.15, 0.2) is 11.5 Å². The summed E-state index contributed by atoms with van der Waals surface area (Å²) in [5.41, 5.74) is 0.784. The van der Waals surface area contributed by atoms with Crippen molar-refractivity contribution in [1.82, 2.24) is 5.32 Å². The molecule has 0 fully saturated rings. The number of hydrogen-bond acceptors (Lipinski definition) is 5. The summed E-state index contributed by atoms with van der Waals surface area (Å²) in [4.78, 5) is 13.5. The van der Waals surface area contributed by atoms with E-state index in [9.17, 15) is 4.79 Å². The molecule has 1 atom stereocenters. The first-order valence-electron chi connectivity index (χ1n) is 8.32. The smallest absolute Gasteiger partial charge is 0.244 e. The highest BCUT2D eigenvalue weighted by Crippen LogP contribution is 2.38. The fourth-order valence-electron chi connectivity index (χ4n) is 2.61. The summed E-state index contributed by atoms with van der Waals surface area (Å²) in [6.45, 7) is 4.18. The fraction of sp³-hybridized carbons (Fsp3) is 0.350. The van der Waals surface area contributed by atoms with Crippen molar-refractivity contribution >= 4 is 23.3 Å². The first-order valence-corrected chi connectivity index (χ1v) is 9.20. The maximum Gasteiger partial charge on any atom is 0.244 e. The molecular formula is C20H25NO4S. The highest BCUT2D eigenvalue weighted by Gasteiger charge is 2.18. The number of thiophene rings is 1. The van der Waals surface area contributed by atoms with Crippen LogP contribution in [-0.2, 0) is 4.79 Å². The SMILES string of the molecule is COc1cc(/C=C/C(=O)NC(c2cccs2)C(C)C)cc(OC)c1OC. The average Bonchev–Trinajstić information content (AvgIpc) is 3.17. The Hall–Kier alpha value is -2.47. The number of ether oxygens (including phenoxy) is 3. The molecule has 6 heteroatoms. The Morgan fingerprint density at radius 1 is 1.12 bits per heavy atom. The lowest BCUT2D eigenvalue weighted by Gasteiger charge is -2.20. The largest absolute Gasteiger partial charge is 0.493 e. The molecule has 1 amide bonds. The molecule has 0 radical (unpaired) electrons. The lowest BCUT2D eigenvalue weighted by atomic mass is 10.0. The van der Waals surface area contributed by atoms with Gasteiger partial charge in [-0.2, -0.15) is 0 Å². The highest BCUT2D eigenvalue weighted by molar-refractivity contribution is 7.10. The fourth-order valence-corrected chi connectivity index (χ4v) is 3.55. The number of carbonyl (C=O) groups is 1. The zero-order valence-electron chi connectivity index (χ0n) is 15.7. The number of methoxy groups -OCH3 is 3. The second kappa shape index (κ2) is 9.29. The standard InChI is InChI=1S/C20H25NO4S/c1-13(2)19(17-7-6-10-26-17)21-18(22)9-8-14-11-15(23-3)20(25-5)16(12-14)24-4/h6-13,19H,1-5H3,(H,21,22)/b9-8+. The Morgan fingerprint density at radius 2 is 1.77 bits per heavy atom. The van der Waals surface area contributed by atoms with Crippen LogP contribution in [0.25, 0.3) is 6.08 Å². The molecule has 0 saturated carbocycles. The highest BCUT2D eigenvalue weighted by atomic mass is 32.1. The van der Waals surface area contributed by atoms with Gasteiger partial charge >= 0.3 is 0 Å². The third kappa shape index (κ3) is 4.79. The summed E-state index contributed by atoms with van der Waals surface area (Å²) in [7, 11) is 4.68. The van der Waals surface area contributed by atoms with Crippen molar-refractivity contribution in [2.45, 2.75) is 19.9 Å². The second-order valence-electron chi connectivity index (χ2n) is 6.04. The molecule has 140 valence electrons. The molecule has 2 rings (SSSR count). The molecule has 0 saturated heterocycles. The molecule has 0 bridgehead atoms. The van der Waals surface area contributed by atoms with Gasteiger partial charge in [0.1, 0.15) is 0 Å². The molecular weight excluding hydrogens is 350 g/mol. The predicted molar refractivity (Wildman–Crippen MR) is 105 cm³/mol. The molecule has 2 aromatic rings. The van der Waals surface area contributed by atoms with E-state index in [0.29, 0.717) is 23.2 Å². The van der Waals surface area contributed by atoms with Gasteiger partial charge < -0.3 is 19.5 Å². The maximum absolute atomic E-state index is 12.4. The minimum atomic E-state index is -0.147. The van der Waals surface area contributed by atoms with Crippen LogP contribution in [0.3, 0.4) is 0 Å². The van der Waals surface area contributed by atoms with E-state index in [4.69, 9.17) is 14.2 Å². The summed E-state index contributed by atoms with van der Waals surface area (Å²) in [6.07, 6.45) is 3.25. The van der Waals surface area contributed by atoms with Gasteiger partial charge in [0.25, 0.3) is 0 Å². The van der Waals surface area contributed by atoms with Crippen LogP contribution in [0.1, 0.15) is 30.3 Å². The third-order valence-electron chi connectivity index (χ3n) is 3.93. The minimum absolute atomic E-state index is 0.00732. The molecule has 0 aliphatic heterocycles. The number of rotatable bonds is 8.